The Morgan fingerprint density at radius 3 is 2.54 bits per heavy atom. The van der Waals surface area contributed by atoms with E-state index in [0.717, 1.165) is 41.3 Å². The third-order valence-corrected chi connectivity index (χ3v) is 6.82. The van der Waals surface area contributed by atoms with E-state index in [-0.39, 0.29) is 17.4 Å². The van der Waals surface area contributed by atoms with Crippen LogP contribution in [0.3, 0.4) is 0 Å². The molecule has 0 unspecified atom stereocenters. The second kappa shape index (κ2) is 10.4. The van der Waals surface area contributed by atoms with E-state index >= 15 is 0 Å². The van der Waals surface area contributed by atoms with E-state index in [1.165, 1.54) is 4.90 Å². The van der Waals surface area contributed by atoms with Crippen molar-refractivity contribution in [1.29, 1.82) is 0 Å². The van der Waals surface area contributed by atoms with Crippen LogP contribution in [0, 0.1) is 0 Å². The number of benzene rings is 1. The minimum Gasteiger partial charge on any atom is -0.457 e. The summed E-state index contributed by atoms with van der Waals surface area (Å²) in [5, 5.41) is 10.7. The highest BCUT2D eigenvalue weighted by Gasteiger charge is 2.29. The van der Waals surface area contributed by atoms with Crippen LogP contribution in [0.2, 0.25) is 0 Å². The lowest BCUT2D eigenvalue weighted by Crippen LogP contribution is -2.33. The van der Waals surface area contributed by atoms with Gasteiger partial charge in [0.1, 0.15) is 11.4 Å². The molecule has 0 saturated heterocycles. The maximum Gasteiger partial charge on any atom is 0.289 e. The summed E-state index contributed by atoms with van der Waals surface area (Å²) in [7, 11) is 5.30. The van der Waals surface area contributed by atoms with Crippen molar-refractivity contribution in [3.63, 3.8) is 0 Å². The number of rotatable bonds is 6. The zero-order valence-corrected chi connectivity index (χ0v) is 23.0. The zero-order chi connectivity index (χ0) is 27.7. The monoisotopic (exact) mass is 530 g/mol. The van der Waals surface area contributed by atoms with Gasteiger partial charge in [0, 0.05) is 70.3 Å². The van der Waals surface area contributed by atoms with Gasteiger partial charge in [0.25, 0.3) is 17.8 Å². The SMILES string of the molecule is CN(C)C(=O)c1ccc(N2CCc3c(c(C(=O)NCc4ccc(NC5=NCC(C)(C)O5)cc4)nn3C)C2)nc1. The number of nitrogens with one attached hydrogen (secondary N) is 2. The van der Waals surface area contributed by atoms with Crippen LogP contribution in [0.4, 0.5) is 11.5 Å². The molecule has 0 radical (unpaired) electrons. The molecule has 0 fully saturated rings. The van der Waals surface area contributed by atoms with E-state index in [1.807, 2.05) is 51.2 Å². The Hall–Kier alpha value is -4.41. The van der Waals surface area contributed by atoms with E-state index in [9.17, 15) is 9.59 Å². The van der Waals surface area contributed by atoms with E-state index in [0.29, 0.717) is 36.9 Å². The van der Waals surface area contributed by atoms with Crippen LogP contribution in [0.5, 0.6) is 0 Å². The molecule has 5 rings (SSSR count). The van der Waals surface area contributed by atoms with Crippen molar-refractivity contribution < 1.29 is 14.3 Å². The highest BCUT2D eigenvalue weighted by atomic mass is 16.5. The van der Waals surface area contributed by atoms with E-state index in [2.05, 4.69) is 30.6 Å². The van der Waals surface area contributed by atoms with Gasteiger partial charge in [-0.25, -0.2) is 9.98 Å². The zero-order valence-electron chi connectivity index (χ0n) is 23.0. The van der Waals surface area contributed by atoms with Crippen LogP contribution in [-0.4, -0.2) is 70.3 Å². The molecule has 0 aliphatic carbocycles. The average Bonchev–Trinajstić information content (AvgIpc) is 3.45. The molecule has 2 aliphatic rings. The normalized spacial score (nSPS) is 15.7. The number of aromatic nitrogens is 3. The van der Waals surface area contributed by atoms with Gasteiger partial charge < -0.3 is 25.2 Å². The highest BCUT2D eigenvalue weighted by Crippen LogP contribution is 2.26. The first-order valence-electron chi connectivity index (χ1n) is 12.9. The maximum absolute atomic E-state index is 13.2. The first kappa shape index (κ1) is 26.2. The van der Waals surface area contributed by atoms with Gasteiger partial charge in [0.2, 0.25) is 0 Å². The Bertz CT molecular complexity index is 1410. The molecule has 2 aliphatic heterocycles. The maximum atomic E-state index is 13.2. The number of anilines is 2. The summed E-state index contributed by atoms with van der Waals surface area (Å²) in [6.45, 7) is 6.25. The standard InChI is InChI=1S/C28H34N8O3/c1-28(2)17-31-27(39-28)32-20-9-6-18(7-10-20)14-30-25(37)24-21-16-36(13-12-22(21)35(5)33-24)23-11-8-19(15-29-23)26(38)34(3)4/h6-11,15H,12-14,16-17H2,1-5H3,(H,30,37)(H,31,32). The lowest BCUT2D eigenvalue weighted by atomic mass is 10.0. The Morgan fingerprint density at radius 2 is 1.90 bits per heavy atom. The lowest BCUT2D eigenvalue weighted by molar-refractivity contribution is 0.0826. The molecule has 39 heavy (non-hydrogen) atoms. The Morgan fingerprint density at radius 1 is 1.13 bits per heavy atom. The van der Waals surface area contributed by atoms with Crippen LogP contribution in [0.25, 0.3) is 0 Å². The number of carbonyl (C=O) groups is 2. The van der Waals surface area contributed by atoms with Crippen molar-refractivity contribution in [2.24, 2.45) is 12.0 Å². The number of amides is 2. The van der Waals surface area contributed by atoms with Gasteiger partial charge in [0.05, 0.1) is 12.1 Å². The molecule has 2 amide bonds. The highest BCUT2D eigenvalue weighted by molar-refractivity contribution is 5.95. The molecule has 0 bridgehead atoms. The summed E-state index contributed by atoms with van der Waals surface area (Å²) in [6.07, 6.45) is 2.34. The number of hydrogen-bond acceptors (Lipinski definition) is 8. The molecule has 4 heterocycles. The van der Waals surface area contributed by atoms with Gasteiger partial charge in [-0.1, -0.05) is 12.1 Å². The largest absolute Gasteiger partial charge is 0.457 e. The predicted molar refractivity (Wildman–Crippen MR) is 149 cm³/mol. The van der Waals surface area contributed by atoms with Crippen molar-refractivity contribution >= 4 is 29.3 Å². The Kier molecular flexibility index (Phi) is 6.98. The van der Waals surface area contributed by atoms with Crippen LogP contribution in [0.15, 0.2) is 47.6 Å². The number of aryl methyl sites for hydroxylation is 1. The molecule has 0 atom stereocenters. The molecule has 204 valence electrons. The van der Waals surface area contributed by atoms with Gasteiger partial charge in [-0.05, 0) is 43.7 Å². The minimum absolute atomic E-state index is 0.0895. The smallest absolute Gasteiger partial charge is 0.289 e. The van der Waals surface area contributed by atoms with E-state index in [1.54, 1.807) is 31.0 Å². The van der Waals surface area contributed by atoms with E-state index in [4.69, 9.17) is 4.74 Å². The van der Waals surface area contributed by atoms with Gasteiger partial charge in [-0.15, -0.1) is 0 Å². The number of pyridine rings is 1. The molecule has 0 spiro atoms. The molecule has 2 N–H and O–H groups in total. The van der Waals surface area contributed by atoms with Gasteiger partial charge >= 0.3 is 0 Å². The lowest BCUT2D eigenvalue weighted by Gasteiger charge is -2.28. The Labute approximate surface area is 227 Å². The average molecular weight is 531 g/mol. The van der Waals surface area contributed by atoms with Crippen molar-refractivity contribution in [3.05, 3.63) is 70.7 Å². The quantitative estimate of drug-likeness (QED) is 0.503. The first-order valence-corrected chi connectivity index (χ1v) is 12.9. The van der Waals surface area contributed by atoms with Crippen LogP contribution in [0.1, 0.15) is 51.5 Å². The van der Waals surface area contributed by atoms with Crippen LogP contribution in [-0.2, 0) is 31.3 Å². The summed E-state index contributed by atoms with van der Waals surface area (Å²) in [4.78, 5) is 37.9. The first-order chi connectivity index (χ1) is 18.6. The van der Waals surface area contributed by atoms with Gasteiger partial charge in [-0.2, -0.15) is 5.10 Å². The fourth-order valence-electron chi connectivity index (χ4n) is 4.68. The minimum atomic E-state index is -0.290. The number of amidine groups is 1. The number of ether oxygens (including phenoxy) is 1. The molecule has 0 saturated carbocycles. The molecular weight excluding hydrogens is 496 g/mol. The van der Waals surface area contributed by atoms with Crippen molar-refractivity contribution in [2.45, 2.75) is 39.0 Å². The van der Waals surface area contributed by atoms with Gasteiger partial charge in [0.15, 0.2) is 5.69 Å². The molecule has 3 aromatic rings. The molecule has 11 heteroatoms. The fourth-order valence-corrected chi connectivity index (χ4v) is 4.68. The number of hydrogen-bond donors (Lipinski definition) is 2. The predicted octanol–water partition coefficient (Wildman–Crippen LogP) is 2.59. The van der Waals surface area contributed by atoms with Crippen LogP contribution < -0.4 is 15.5 Å². The van der Waals surface area contributed by atoms with Crippen LogP contribution >= 0.6 is 0 Å². The molecule has 2 aromatic heterocycles. The van der Waals surface area contributed by atoms with E-state index < -0.39 is 0 Å². The van der Waals surface area contributed by atoms with Crippen molar-refractivity contribution in [1.82, 2.24) is 25.0 Å². The fraction of sp³-hybridized carbons (Fsp3) is 0.393. The van der Waals surface area contributed by atoms with Crippen molar-refractivity contribution in [3.8, 4) is 0 Å². The summed E-state index contributed by atoms with van der Waals surface area (Å²) in [5.41, 5.74) is 4.45. The Balaban J connectivity index is 1.22. The topological polar surface area (TPSA) is 117 Å². The summed E-state index contributed by atoms with van der Waals surface area (Å²) in [5.74, 6) is 0.456. The number of fused-ring (bicyclic) bond motifs is 1. The summed E-state index contributed by atoms with van der Waals surface area (Å²) < 4.78 is 7.56. The molecule has 1 aromatic carbocycles. The molecular formula is C28H34N8O3. The second-order valence-electron chi connectivity index (χ2n) is 10.7. The molecule has 11 nitrogen and oxygen atoms in total. The third kappa shape index (κ3) is 5.71. The van der Waals surface area contributed by atoms with Gasteiger partial charge in [-0.3, -0.25) is 14.3 Å². The number of aliphatic imine (C=N–C) groups is 1. The number of carbonyl (C=O) groups excluding carboxylic acids is 2. The summed E-state index contributed by atoms with van der Waals surface area (Å²) >= 11 is 0. The summed E-state index contributed by atoms with van der Waals surface area (Å²) in [6, 6.07) is 11.9. The number of nitrogens with zero attached hydrogens (tertiary/aromatic N) is 6. The van der Waals surface area contributed by atoms with Crippen molar-refractivity contribution in [2.75, 3.05) is 37.4 Å². The third-order valence-electron chi connectivity index (χ3n) is 6.82. The second-order valence-corrected chi connectivity index (χ2v) is 10.7.